The Morgan fingerprint density at radius 1 is 0.865 bits per heavy atom. The van der Waals surface area contributed by atoms with Crippen molar-refractivity contribution in [3.8, 4) is 17.1 Å². The maximum absolute atomic E-state index is 13.7. The zero-order chi connectivity index (χ0) is 26.6. The number of hydrogen-bond donors (Lipinski definition) is 0. The van der Waals surface area contributed by atoms with Gasteiger partial charge < -0.3 is 14.2 Å². The summed E-state index contributed by atoms with van der Waals surface area (Å²) in [6.45, 7) is 12.6. The van der Waals surface area contributed by atoms with Gasteiger partial charge in [0.05, 0.1) is 17.0 Å². The van der Waals surface area contributed by atoms with Crippen LogP contribution in [0, 0.1) is 0 Å². The minimum Gasteiger partial charge on any atom is -0.487 e. The quantitative estimate of drug-likeness (QED) is 0.296. The molecular formula is C30H34N4O3. The SMILES string of the molecule is CC(C)(C)N(C(=O)c1ncccc1-c1cc(Cc2ccc(OCc3ccccn3)cc2)no1)C(C)(C)C. The fourth-order valence-corrected chi connectivity index (χ4v) is 4.57. The van der Waals surface area contributed by atoms with Crippen LogP contribution in [0.25, 0.3) is 11.3 Å². The summed E-state index contributed by atoms with van der Waals surface area (Å²) in [4.78, 5) is 24.3. The number of nitrogens with zero attached hydrogens (tertiary/aromatic N) is 4. The molecule has 0 aliphatic rings. The third-order valence-electron chi connectivity index (χ3n) is 5.80. The van der Waals surface area contributed by atoms with E-state index in [9.17, 15) is 4.79 Å². The van der Waals surface area contributed by atoms with Crippen molar-refractivity contribution in [3.63, 3.8) is 0 Å². The highest BCUT2D eigenvalue weighted by Gasteiger charge is 2.37. The summed E-state index contributed by atoms with van der Waals surface area (Å²) in [7, 11) is 0. The molecule has 3 heterocycles. The highest BCUT2D eigenvalue weighted by Crippen LogP contribution is 2.31. The monoisotopic (exact) mass is 498 g/mol. The number of benzene rings is 1. The predicted octanol–water partition coefficient (Wildman–Crippen LogP) is 6.34. The van der Waals surface area contributed by atoms with Gasteiger partial charge in [-0.2, -0.15) is 0 Å². The lowest BCUT2D eigenvalue weighted by atomic mass is 9.94. The summed E-state index contributed by atoms with van der Waals surface area (Å²) in [5.74, 6) is 1.15. The second kappa shape index (κ2) is 10.5. The summed E-state index contributed by atoms with van der Waals surface area (Å²) in [5.41, 5.74) is 2.92. The van der Waals surface area contributed by atoms with Crippen LogP contribution in [-0.2, 0) is 13.0 Å². The van der Waals surface area contributed by atoms with E-state index in [2.05, 4.69) is 15.1 Å². The van der Waals surface area contributed by atoms with Crippen LogP contribution < -0.4 is 4.74 Å². The Hall–Kier alpha value is -4.00. The van der Waals surface area contributed by atoms with Gasteiger partial charge in [-0.05, 0) is 83.5 Å². The third kappa shape index (κ3) is 6.42. The Balaban J connectivity index is 1.49. The number of aromatic nitrogens is 3. The van der Waals surface area contributed by atoms with Crippen molar-refractivity contribution >= 4 is 5.91 Å². The highest BCUT2D eigenvalue weighted by atomic mass is 16.5. The van der Waals surface area contributed by atoms with Gasteiger partial charge in [-0.1, -0.05) is 23.4 Å². The molecule has 0 fully saturated rings. The molecule has 0 saturated heterocycles. The normalized spacial score (nSPS) is 11.8. The first kappa shape index (κ1) is 26.1. The lowest BCUT2D eigenvalue weighted by Crippen LogP contribution is -2.55. The van der Waals surface area contributed by atoms with E-state index in [1.165, 1.54) is 0 Å². The summed E-state index contributed by atoms with van der Waals surface area (Å²) < 4.78 is 11.5. The summed E-state index contributed by atoms with van der Waals surface area (Å²) in [6.07, 6.45) is 3.97. The Kier molecular flexibility index (Phi) is 7.43. The standard InChI is InChI=1S/C30H34N4O3/c1-29(2,3)34(30(4,5)6)28(35)27-25(11-9-17-32-27)26-19-23(33-37-26)18-21-12-14-24(15-13-21)36-20-22-10-7-8-16-31-22/h7-17,19H,18,20H2,1-6H3. The minimum atomic E-state index is -0.385. The van der Waals surface area contributed by atoms with Crippen LogP contribution >= 0.6 is 0 Å². The molecule has 192 valence electrons. The van der Waals surface area contributed by atoms with Gasteiger partial charge >= 0.3 is 0 Å². The molecule has 0 aliphatic heterocycles. The second-order valence-electron chi connectivity index (χ2n) is 11.0. The van der Waals surface area contributed by atoms with Gasteiger partial charge in [-0.3, -0.25) is 14.8 Å². The zero-order valence-corrected chi connectivity index (χ0v) is 22.4. The van der Waals surface area contributed by atoms with Crippen molar-refractivity contribution in [2.45, 2.75) is 65.6 Å². The van der Waals surface area contributed by atoms with E-state index in [1.54, 1.807) is 18.5 Å². The third-order valence-corrected chi connectivity index (χ3v) is 5.80. The van der Waals surface area contributed by atoms with Crippen LogP contribution in [0.4, 0.5) is 0 Å². The fourth-order valence-electron chi connectivity index (χ4n) is 4.57. The number of ether oxygens (including phenoxy) is 1. The molecule has 4 rings (SSSR count). The van der Waals surface area contributed by atoms with Crippen LogP contribution in [0.15, 0.2) is 77.6 Å². The number of carbonyl (C=O) groups is 1. The van der Waals surface area contributed by atoms with Crippen molar-refractivity contribution in [1.29, 1.82) is 0 Å². The predicted molar refractivity (Wildman–Crippen MR) is 143 cm³/mol. The van der Waals surface area contributed by atoms with Crippen LogP contribution in [0.1, 0.15) is 69.0 Å². The van der Waals surface area contributed by atoms with Crippen LogP contribution in [0.5, 0.6) is 5.75 Å². The molecule has 4 aromatic rings. The van der Waals surface area contributed by atoms with Gasteiger partial charge in [0.15, 0.2) is 5.76 Å². The van der Waals surface area contributed by atoms with Gasteiger partial charge in [0, 0.05) is 36.0 Å². The van der Waals surface area contributed by atoms with Gasteiger partial charge in [0.1, 0.15) is 18.1 Å². The molecule has 0 unspecified atom stereocenters. The van der Waals surface area contributed by atoms with Crippen molar-refractivity contribution in [2.75, 3.05) is 0 Å². The number of amides is 1. The zero-order valence-electron chi connectivity index (χ0n) is 22.4. The van der Waals surface area contributed by atoms with Crippen molar-refractivity contribution in [2.24, 2.45) is 0 Å². The molecular weight excluding hydrogens is 464 g/mol. The van der Waals surface area contributed by atoms with Gasteiger partial charge in [0.2, 0.25) is 0 Å². The number of pyridine rings is 2. The molecule has 0 radical (unpaired) electrons. The molecule has 1 amide bonds. The molecule has 0 aliphatic carbocycles. The molecule has 7 nitrogen and oxygen atoms in total. The van der Waals surface area contributed by atoms with E-state index < -0.39 is 0 Å². The molecule has 0 N–H and O–H groups in total. The summed E-state index contributed by atoms with van der Waals surface area (Å²) >= 11 is 0. The maximum atomic E-state index is 13.7. The first-order valence-electron chi connectivity index (χ1n) is 12.4. The molecule has 1 aromatic carbocycles. The number of rotatable bonds is 7. The van der Waals surface area contributed by atoms with E-state index in [1.807, 2.05) is 101 Å². The Morgan fingerprint density at radius 3 is 2.22 bits per heavy atom. The molecule has 3 aromatic heterocycles. The maximum Gasteiger partial charge on any atom is 0.274 e. The largest absolute Gasteiger partial charge is 0.487 e. The Morgan fingerprint density at radius 2 is 1.57 bits per heavy atom. The van der Waals surface area contributed by atoms with Crippen molar-refractivity contribution in [3.05, 3.63) is 95.7 Å². The average Bonchev–Trinajstić information content (AvgIpc) is 3.31. The van der Waals surface area contributed by atoms with E-state index in [4.69, 9.17) is 9.26 Å². The average molecular weight is 499 g/mol. The van der Waals surface area contributed by atoms with E-state index in [0.717, 1.165) is 22.7 Å². The molecule has 0 bridgehead atoms. The van der Waals surface area contributed by atoms with Gasteiger partial charge in [0.25, 0.3) is 5.91 Å². The van der Waals surface area contributed by atoms with E-state index in [0.29, 0.717) is 30.0 Å². The van der Waals surface area contributed by atoms with E-state index >= 15 is 0 Å². The van der Waals surface area contributed by atoms with Crippen LogP contribution in [-0.4, -0.2) is 37.0 Å². The molecule has 0 spiro atoms. The summed E-state index contributed by atoms with van der Waals surface area (Å²) in [5, 5.41) is 4.26. The molecule has 0 atom stereocenters. The molecule has 37 heavy (non-hydrogen) atoms. The lowest BCUT2D eigenvalue weighted by Gasteiger charge is -2.45. The van der Waals surface area contributed by atoms with Crippen LogP contribution in [0.2, 0.25) is 0 Å². The fraction of sp³-hybridized carbons (Fsp3) is 0.333. The molecule has 7 heteroatoms. The summed E-state index contributed by atoms with van der Waals surface area (Å²) in [6, 6.07) is 19.2. The highest BCUT2D eigenvalue weighted by molar-refractivity contribution is 5.99. The Bertz CT molecular complexity index is 1320. The van der Waals surface area contributed by atoms with Crippen LogP contribution in [0.3, 0.4) is 0 Å². The number of hydrogen-bond acceptors (Lipinski definition) is 6. The van der Waals surface area contributed by atoms with E-state index in [-0.39, 0.29) is 17.0 Å². The van der Waals surface area contributed by atoms with Gasteiger partial charge in [-0.25, -0.2) is 0 Å². The first-order valence-corrected chi connectivity index (χ1v) is 12.4. The smallest absolute Gasteiger partial charge is 0.274 e. The topological polar surface area (TPSA) is 81.4 Å². The Labute approximate surface area is 218 Å². The first-order chi connectivity index (χ1) is 17.5. The lowest BCUT2D eigenvalue weighted by molar-refractivity contribution is 0.0265. The number of carbonyl (C=O) groups excluding carboxylic acids is 1. The van der Waals surface area contributed by atoms with Crippen molar-refractivity contribution in [1.82, 2.24) is 20.0 Å². The second-order valence-corrected chi connectivity index (χ2v) is 11.0. The van der Waals surface area contributed by atoms with Crippen molar-refractivity contribution < 1.29 is 14.1 Å². The van der Waals surface area contributed by atoms with Gasteiger partial charge in [-0.15, -0.1) is 0 Å². The minimum absolute atomic E-state index is 0.144. The molecule has 0 saturated carbocycles.